The average Bonchev–Trinajstić information content (AvgIpc) is 2.06. The van der Waals surface area contributed by atoms with Crippen LogP contribution in [-0.2, 0) is 14.2 Å². The highest BCUT2D eigenvalue weighted by Gasteiger charge is 1.84. The van der Waals surface area contributed by atoms with Gasteiger partial charge in [-0.15, -0.1) is 0 Å². The highest BCUT2D eigenvalue weighted by Crippen LogP contribution is 1.75. The Kier molecular flexibility index (Phi) is 19.1. The molecule has 0 rings (SSSR count). The van der Waals surface area contributed by atoms with Crippen molar-refractivity contribution >= 4 is 0 Å². The van der Waals surface area contributed by atoms with E-state index in [1.807, 2.05) is 4.91 Å². The van der Waals surface area contributed by atoms with Crippen LogP contribution in [0.3, 0.4) is 0 Å². The molecule has 0 heterocycles. The second kappa shape index (κ2) is 16.6. The number of methoxy groups -OCH3 is 2. The molecule has 2 N–H and O–H groups in total. The quantitative estimate of drug-likeness (QED) is 0.350. The highest BCUT2D eigenvalue weighted by molar-refractivity contribution is 4.28. The van der Waals surface area contributed by atoms with Gasteiger partial charge >= 0.3 is 0 Å². The topological polar surface area (TPSA) is 89.5 Å². The van der Waals surface area contributed by atoms with Gasteiger partial charge in [-0.25, -0.2) is 0 Å². The minimum atomic E-state index is 0.653. The molecule has 0 saturated heterocycles. The summed E-state index contributed by atoms with van der Waals surface area (Å²) in [5.41, 5.74) is 11.0. The molecule has 0 radical (unpaired) electrons. The van der Waals surface area contributed by atoms with Gasteiger partial charge in [-0.05, 0) is 0 Å². The molecule has 12 heavy (non-hydrogen) atoms. The van der Waals surface area contributed by atoms with Crippen molar-refractivity contribution in [3.05, 3.63) is 0 Å². The van der Waals surface area contributed by atoms with E-state index in [1.54, 1.807) is 14.2 Å². The second-order valence-electron chi connectivity index (χ2n) is 1.71. The Labute approximate surface area is 71.8 Å². The van der Waals surface area contributed by atoms with Crippen molar-refractivity contribution in [3.63, 3.8) is 0 Å². The van der Waals surface area contributed by atoms with E-state index in [0.717, 1.165) is 0 Å². The number of nitrogens with one attached hydrogen (secondary N) is 2. The molecule has 0 aromatic heterocycles. The van der Waals surface area contributed by atoms with Gasteiger partial charge in [0.15, 0.2) is 0 Å². The lowest BCUT2D eigenvalue weighted by Gasteiger charge is -2.00. The van der Waals surface area contributed by atoms with Crippen LogP contribution in [-0.4, -0.2) is 40.6 Å². The lowest BCUT2D eigenvalue weighted by Crippen LogP contribution is -2.06. The Morgan fingerprint density at radius 3 is 1.50 bits per heavy atom. The fraction of sp³-hybridized carbons (Fsp3) is 1.00. The van der Waals surface area contributed by atoms with Gasteiger partial charge in [0, 0.05) is 14.2 Å². The zero-order chi connectivity index (χ0) is 9.66. The molecule has 0 aliphatic carbocycles. The van der Waals surface area contributed by atoms with Crippen molar-refractivity contribution in [2.75, 3.05) is 40.6 Å². The van der Waals surface area contributed by atoms with Crippen molar-refractivity contribution in [3.8, 4) is 0 Å². The summed E-state index contributed by atoms with van der Waals surface area (Å²) in [5.74, 6) is 0. The van der Waals surface area contributed by atoms with E-state index in [0.29, 0.717) is 26.4 Å². The van der Waals surface area contributed by atoms with Gasteiger partial charge in [0.05, 0.1) is 26.4 Å². The van der Waals surface area contributed by atoms with Gasteiger partial charge in [-0.2, -0.15) is 0 Å². The third-order valence-electron chi connectivity index (χ3n) is 0.864. The summed E-state index contributed by atoms with van der Waals surface area (Å²) in [6, 6.07) is 0. The van der Waals surface area contributed by atoms with Crippen LogP contribution in [0.1, 0.15) is 0 Å². The number of ether oxygens (including phenoxy) is 3. The molecule has 0 aromatic carbocycles. The van der Waals surface area contributed by atoms with Gasteiger partial charge in [0.25, 0.3) is 0 Å². The molecule has 72 valence electrons. The molecule has 0 fully saturated rings. The smallest absolute Gasteiger partial charge is 0.211 e. The van der Waals surface area contributed by atoms with Crippen molar-refractivity contribution in [1.29, 1.82) is 11.1 Å². The van der Waals surface area contributed by atoms with E-state index in [1.165, 1.54) is 0 Å². The first-order valence-corrected chi connectivity index (χ1v) is 3.42. The lowest BCUT2D eigenvalue weighted by atomic mass is 10.7. The fourth-order valence-electron chi connectivity index (χ4n) is 0.387. The van der Waals surface area contributed by atoms with Gasteiger partial charge in [0.2, 0.25) is 4.91 Å². The molecular weight excluding hydrogens is 162 g/mol. The summed E-state index contributed by atoms with van der Waals surface area (Å²) in [4.78, 5) is 2.00. The molecule has 0 aliphatic heterocycles. The van der Waals surface area contributed by atoms with Crippen molar-refractivity contribution in [1.82, 2.24) is 4.91 Å². The van der Waals surface area contributed by atoms with Crippen LogP contribution in [0.4, 0.5) is 0 Å². The molecule has 0 bridgehead atoms. The molecule has 0 aliphatic rings. The predicted molar refractivity (Wildman–Crippen MR) is 42.1 cm³/mol. The van der Waals surface area contributed by atoms with Gasteiger partial charge in [0.1, 0.15) is 11.1 Å². The van der Waals surface area contributed by atoms with Crippen molar-refractivity contribution in [2.45, 2.75) is 0 Å². The molecule has 6 nitrogen and oxygen atoms in total. The highest BCUT2D eigenvalue weighted by atomic mass is 16.5. The molecule has 0 unspecified atom stereocenters. The maximum absolute atomic E-state index is 5.50. The first-order valence-electron chi connectivity index (χ1n) is 3.42. The summed E-state index contributed by atoms with van der Waals surface area (Å²) in [6.45, 7) is 2.62. The minimum absolute atomic E-state index is 0.653. The van der Waals surface area contributed by atoms with E-state index in [-0.39, 0.29) is 0 Å². The summed E-state index contributed by atoms with van der Waals surface area (Å²) in [6.07, 6.45) is 0. The maximum Gasteiger partial charge on any atom is 0.211 e. The van der Waals surface area contributed by atoms with E-state index in [4.69, 9.17) is 25.3 Å². The van der Waals surface area contributed by atoms with E-state index in [9.17, 15) is 0 Å². The normalized spacial score (nSPS) is 8.17. The van der Waals surface area contributed by atoms with Crippen LogP contribution in [0.15, 0.2) is 0 Å². The van der Waals surface area contributed by atoms with E-state index in [2.05, 4.69) is 0 Å². The molecule has 0 saturated carbocycles. The van der Waals surface area contributed by atoms with Crippen molar-refractivity contribution < 1.29 is 14.2 Å². The van der Waals surface area contributed by atoms with Crippen LogP contribution in [0, 0.1) is 11.1 Å². The molecule has 6 heteroatoms. The van der Waals surface area contributed by atoms with Gasteiger partial charge < -0.3 is 14.2 Å². The molecule has 0 spiro atoms. The third-order valence-corrected chi connectivity index (χ3v) is 0.864. The summed E-state index contributed by atoms with van der Waals surface area (Å²) in [5, 5.41) is 0. The summed E-state index contributed by atoms with van der Waals surface area (Å²) >= 11 is 0. The SMILES string of the molecule is COCCOCCOC.N=[N+]=N. The largest absolute Gasteiger partial charge is 0.382 e. The van der Waals surface area contributed by atoms with Crippen molar-refractivity contribution in [2.24, 2.45) is 0 Å². The average molecular weight is 178 g/mol. The number of hydrogen-bond acceptors (Lipinski definition) is 5. The van der Waals surface area contributed by atoms with E-state index < -0.39 is 0 Å². The monoisotopic (exact) mass is 178 g/mol. The number of rotatable bonds is 6. The fourth-order valence-corrected chi connectivity index (χ4v) is 0.387. The molecule has 0 atom stereocenters. The second-order valence-corrected chi connectivity index (χ2v) is 1.71. The molecule has 0 amide bonds. The zero-order valence-electron chi connectivity index (χ0n) is 7.50. The Balaban J connectivity index is 0. The van der Waals surface area contributed by atoms with Gasteiger partial charge in [-0.1, -0.05) is 0 Å². The number of nitrogens with zero attached hydrogens (tertiary/aromatic N) is 1. The lowest BCUT2D eigenvalue weighted by molar-refractivity contribution is 0.0385. The Hall–Kier alpha value is -0.810. The first-order chi connectivity index (χ1) is 5.83. The van der Waals surface area contributed by atoms with E-state index >= 15 is 0 Å². The summed E-state index contributed by atoms with van der Waals surface area (Å²) in [7, 11) is 3.30. The maximum atomic E-state index is 5.50. The van der Waals surface area contributed by atoms with Crippen LogP contribution >= 0.6 is 0 Å². The molecule has 0 aromatic rings. The zero-order valence-corrected chi connectivity index (χ0v) is 7.50. The standard InChI is InChI=1S/C6H14O3.H2N3/c1-7-3-5-9-6-4-8-2;1-3-2/h3-6H2,1-2H3;1-2H/q;+1. The summed E-state index contributed by atoms with van der Waals surface area (Å²) < 4.78 is 14.6. The molecular formula is C6H16N3O3+. The van der Waals surface area contributed by atoms with Crippen LogP contribution in [0.2, 0.25) is 0 Å². The Bertz CT molecular complexity index is 98.2. The Morgan fingerprint density at radius 1 is 0.917 bits per heavy atom. The minimum Gasteiger partial charge on any atom is -0.382 e. The number of hydrogen-bond donors (Lipinski definition) is 2. The van der Waals surface area contributed by atoms with Crippen LogP contribution in [0.5, 0.6) is 0 Å². The van der Waals surface area contributed by atoms with Crippen LogP contribution in [0.25, 0.3) is 0 Å². The third kappa shape index (κ3) is 22.9. The van der Waals surface area contributed by atoms with Gasteiger partial charge in [-0.3, -0.25) is 0 Å². The Morgan fingerprint density at radius 2 is 1.25 bits per heavy atom. The predicted octanol–water partition coefficient (Wildman–Crippen LogP) is 0.411. The van der Waals surface area contributed by atoms with Crippen LogP contribution < -0.4 is 4.91 Å². The first kappa shape index (κ1) is 13.8.